The molecule has 0 saturated heterocycles. The Kier molecular flexibility index (Phi) is 7.77. The molecule has 0 heteroatoms. The van der Waals surface area contributed by atoms with E-state index in [0.717, 1.165) is 35.5 Å². The molecule has 0 radical (unpaired) electrons. The van der Waals surface area contributed by atoms with Crippen LogP contribution in [0.4, 0.5) is 0 Å². The van der Waals surface area contributed by atoms with Gasteiger partial charge in [-0.2, -0.15) is 0 Å². The van der Waals surface area contributed by atoms with Crippen molar-refractivity contribution in [2.24, 2.45) is 23.7 Å². The third-order valence-corrected chi connectivity index (χ3v) is 9.33. The molecule has 0 aliphatic heterocycles. The Morgan fingerprint density at radius 1 is 0.552 bits per heavy atom. The highest BCUT2D eigenvalue weighted by molar-refractivity contribution is 5.28. The maximum Gasteiger partial charge on any atom is -0.0162 e. The zero-order valence-electron chi connectivity index (χ0n) is 19.4. The molecule has 0 atom stereocenters. The van der Waals surface area contributed by atoms with Crippen LogP contribution < -0.4 is 0 Å². The molecule has 0 heterocycles. The maximum atomic E-state index is 2.50. The van der Waals surface area contributed by atoms with Gasteiger partial charge in [0.15, 0.2) is 0 Å². The Balaban J connectivity index is 1.24. The summed E-state index contributed by atoms with van der Waals surface area (Å²) in [6.45, 7) is 4.73. The molecule has 0 spiro atoms. The zero-order chi connectivity index (χ0) is 20.1. The molecule has 0 amide bonds. The van der Waals surface area contributed by atoms with E-state index in [1.54, 1.807) is 11.1 Å². The van der Waals surface area contributed by atoms with Gasteiger partial charge in [-0.1, -0.05) is 70.2 Å². The molecule has 0 N–H and O–H groups in total. The summed E-state index contributed by atoms with van der Waals surface area (Å²) in [6.07, 6.45) is 22.0. The van der Waals surface area contributed by atoms with Gasteiger partial charge in [-0.3, -0.25) is 0 Å². The largest absolute Gasteiger partial charge is 0.0654 e. The summed E-state index contributed by atoms with van der Waals surface area (Å²) in [5.41, 5.74) is 3.27. The van der Waals surface area contributed by atoms with Crippen LogP contribution in [0.5, 0.6) is 0 Å². The normalized spacial score (nSPS) is 36.1. The topological polar surface area (TPSA) is 0 Å². The number of hydrogen-bond donors (Lipinski definition) is 0. The number of benzene rings is 1. The lowest BCUT2D eigenvalue weighted by atomic mass is 9.68. The molecule has 3 saturated carbocycles. The summed E-state index contributed by atoms with van der Waals surface area (Å²) in [5.74, 6) is 5.84. The van der Waals surface area contributed by atoms with Crippen molar-refractivity contribution in [2.45, 2.75) is 122 Å². The number of hydrogen-bond acceptors (Lipinski definition) is 0. The quantitative estimate of drug-likeness (QED) is 0.451. The first-order valence-electron chi connectivity index (χ1n) is 13.4. The number of rotatable bonds is 6. The van der Waals surface area contributed by atoms with E-state index in [9.17, 15) is 0 Å². The molecular formula is C29H46. The highest BCUT2D eigenvalue weighted by Gasteiger charge is 2.31. The van der Waals surface area contributed by atoms with Crippen LogP contribution in [0.1, 0.15) is 133 Å². The first-order valence-corrected chi connectivity index (χ1v) is 13.4. The average Bonchev–Trinajstić information content (AvgIpc) is 2.80. The lowest BCUT2D eigenvalue weighted by Crippen LogP contribution is -2.25. The van der Waals surface area contributed by atoms with E-state index in [-0.39, 0.29) is 0 Å². The average molecular weight is 395 g/mol. The lowest BCUT2D eigenvalue weighted by molar-refractivity contribution is 0.158. The van der Waals surface area contributed by atoms with Gasteiger partial charge in [0.1, 0.15) is 0 Å². The van der Waals surface area contributed by atoms with Crippen LogP contribution in [0.15, 0.2) is 24.3 Å². The van der Waals surface area contributed by atoms with E-state index < -0.39 is 0 Å². The van der Waals surface area contributed by atoms with Crippen LogP contribution in [-0.4, -0.2) is 0 Å². The third kappa shape index (κ3) is 5.48. The van der Waals surface area contributed by atoms with Gasteiger partial charge in [0, 0.05) is 0 Å². The van der Waals surface area contributed by atoms with Gasteiger partial charge in [0.25, 0.3) is 0 Å². The van der Waals surface area contributed by atoms with Crippen LogP contribution in [0.25, 0.3) is 0 Å². The predicted octanol–water partition coefficient (Wildman–Crippen LogP) is 9.25. The molecule has 3 aliphatic rings. The fourth-order valence-corrected chi connectivity index (χ4v) is 7.22. The van der Waals surface area contributed by atoms with Gasteiger partial charge in [-0.15, -0.1) is 0 Å². The Morgan fingerprint density at radius 2 is 0.966 bits per heavy atom. The van der Waals surface area contributed by atoms with Crippen molar-refractivity contribution in [3.05, 3.63) is 35.4 Å². The maximum absolute atomic E-state index is 2.50. The van der Waals surface area contributed by atoms with E-state index >= 15 is 0 Å². The third-order valence-electron chi connectivity index (χ3n) is 9.33. The lowest BCUT2D eigenvalue weighted by Gasteiger charge is -2.38. The molecule has 0 nitrogen and oxygen atoms in total. The molecule has 0 bridgehead atoms. The van der Waals surface area contributed by atoms with Crippen molar-refractivity contribution in [1.82, 2.24) is 0 Å². The Hall–Kier alpha value is -0.780. The van der Waals surface area contributed by atoms with Crippen molar-refractivity contribution in [1.29, 1.82) is 0 Å². The Labute approximate surface area is 181 Å². The minimum absolute atomic E-state index is 0.839. The molecule has 3 aliphatic carbocycles. The monoisotopic (exact) mass is 394 g/mol. The van der Waals surface area contributed by atoms with Crippen molar-refractivity contribution < 1.29 is 0 Å². The van der Waals surface area contributed by atoms with Crippen molar-refractivity contribution in [2.75, 3.05) is 0 Å². The summed E-state index contributed by atoms with van der Waals surface area (Å²) >= 11 is 0. The van der Waals surface area contributed by atoms with E-state index in [0.29, 0.717) is 0 Å². The van der Waals surface area contributed by atoms with E-state index in [4.69, 9.17) is 0 Å². The summed E-state index contributed by atoms with van der Waals surface area (Å²) in [6, 6.07) is 10.0. The molecule has 162 valence electrons. The molecule has 29 heavy (non-hydrogen) atoms. The van der Waals surface area contributed by atoms with Gasteiger partial charge >= 0.3 is 0 Å². The van der Waals surface area contributed by atoms with Gasteiger partial charge < -0.3 is 0 Å². The first kappa shape index (κ1) is 21.5. The molecule has 1 aromatic carbocycles. The van der Waals surface area contributed by atoms with Gasteiger partial charge in [0.05, 0.1) is 0 Å². The summed E-state index contributed by atoms with van der Waals surface area (Å²) < 4.78 is 0. The Bertz CT molecular complexity index is 575. The second-order valence-electron chi connectivity index (χ2n) is 11.0. The smallest absolute Gasteiger partial charge is 0.0162 e. The van der Waals surface area contributed by atoms with Crippen LogP contribution >= 0.6 is 0 Å². The van der Waals surface area contributed by atoms with Crippen molar-refractivity contribution in [3.8, 4) is 0 Å². The van der Waals surface area contributed by atoms with Crippen molar-refractivity contribution in [3.63, 3.8) is 0 Å². The van der Waals surface area contributed by atoms with Gasteiger partial charge in [-0.25, -0.2) is 0 Å². The van der Waals surface area contributed by atoms with Crippen LogP contribution in [0, 0.1) is 23.7 Å². The predicted molar refractivity (Wildman–Crippen MR) is 126 cm³/mol. The van der Waals surface area contributed by atoms with Gasteiger partial charge in [-0.05, 0) is 111 Å². The second-order valence-corrected chi connectivity index (χ2v) is 11.0. The van der Waals surface area contributed by atoms with E-state index in [2.05, 4.69) is 38.1 Å². The second kappa shape index (κ2) is 10.5. The molecular weight excluding hydrogens is 348 g/mol. The zero-order valence-corrected chi connectivity index (χ0v) is 19.4. The molecule has 0 aromatic heterocycles. The minimum atomic E-state index is 0.839. The van der Waals surface area contributed by atoms with Crippen LogP contribution in [0.2, 0.25) is 0 Å². The molecule has 3 fully saturated rings. The van der Waals surface area contributed by atoms with Gasteiger partial charge in [0.2, 0.25) is 0 Å². The SMILES string of the molecule is CCC[C@H]1CC[C@H](c2ccc([C@H]3CC[C@H]([C@H]4CC[C@H](CC)CC4)CC3)cc2)CC1. The first-order chi connectivity index (χ1) is 14.3. The summed E-state index contributed by atoms with van der Waals surface area (Å²) in [4.78, 5) is 0. The summed E-state index contributed by atoms with van der Waals surface area (Å²) in [5, 5.41) is 0. The summed E-state index contributed by atoms with van der Waals surface area (Å²) in [7, 11) is 0. The fourth-order valence-electron chi connectivity index (χ4n) is 7.22. The molecule has 1 aromatic rings. The van der Waals surface area contributed by atoms with Crippen LogP contribution in [0.3, 0.4) is 0 Å². The standard InChI is InChI=1S/C29H46/c1-3-5-23-8-12-25(13-9-23)27-16-20-29(21-17-27)28-18-14-26(15-19-28)24-10-6-22(4-2)7-11-24/h16-17,20-26,28H,3-15,18-19H2,1-2H3/t22-,23-,24-,25-,26-,28-. The van der Waals surface area contributed by atoms with Crippen LogP contribution in [-0.2, 0) is 0 Å². The van der Waals surface area contributed by atoms with E-state index in [1.165, 1.54) is 96.3 Å². The van der Waals surface area contributed by atoms with E-state index in [1.807, 2.05) is 0 Å². The fraction of sp³-hybridized carbons (Fsp3) is 0.793. The Morgan fingerprint density at radius 3 is 1.41 bits per heavy atom. The molecule has 4 rings (SSSR count). The highest BCUT2D eigenvalue weighted by atomic mass is 14.4. The highest BCUT2D eigenvalue weighted by Crippen LogP contribution is 2.45. The molecule has 0 unspecified atom stereocenters. The van der Waals surface area contributed by atoms with Crippen molar-refractivity contribution >= 4 is 0 Å². The minimum Gasteiger partial charge on any atom is -0.0654 e.